The second-order valence-corrected chi connectivity index (χ2v) is 1.74. The van der Waals surface area contributed by atoms with E-state index in [0.29, 0.717) is 6.42 Å². The van der Waals surface area contributed by atoms with Crippen LogP contribution in [0.1, 0.15) is 12.8 Å². The fourth-order valence-electron chi connectivity index (χ4n) is 0.406. The molecular formula is C6H9NO3. The molecule has 0 bridgehead atoms. The maximum atomic E-state index is 10.0. The number of carboxylic acids is 1. The number of carbonyl (C=O) groups excluding carboxylic acids is 1. The van der Waals surface area contributed by atoms with E-state index in [2.05, 4.69) is 0 Å². The largest absolute Gasteiger partial charge is 0.481 e. The molecule has 0 aliphatic heterocycles. The summed E-state index contributed by atoms with van der Waals surface area (Å²) in [6.07, 6.45) is 2.97. The molecule has 0 atom stereocenters. The molecule has 0 rings (SSSR count). The Hall–Kier alpha value is -1.32. The lowest BCUT2D eigenvalue weighted by Gasteiger charge is -1.85. The van der Waals surface area contributed by atoms with Crippen molar-refractivity contribution in [2.45, 2.75) is 12.8 Å². The van der Waals surface area contributed by atoms with Crippen molar-refractivity contribution in [1.82, 2.24) is 0 Å². The Morgan fingerprint density at radius 3 is 2.50 bits per heavy atom. The highest BCUT2D eigenvalue weighted by atomic mass is 16.4. The molecule has 4 nitrogen and oxygen atoms in total. The van der Waals surface area contributed by atoms with Crippen molar-refractivity contribution in [3.8, 4) is 0 Å². The van der Waals surface area contributed by atoms with Crippen molar-refractivity contribution >= 4 is 11.9 Å². The van der Waals surface area contributed by atoms with Gasteiger partial charge >= 0.3 is 5.97 Å². The van der Waals surface area contributed by atoms with Crippen LogP contribution in [-0.2, 0) is 9.59 Å². The molecule has 0 radical (unpaired) electrons. The van der Waals surface area contributed by atoms with E-state index in [0.717, 1.165) is 6.08 Å². The van der Waals surface area contributed by atoms with E-state index in [-0.39, 0.29) is 6.42 Å². The van der Waals surface area contributed by atoms with Gasteiger partial charge in [0.25, 0.3) is 0 Å². The van der Waals surface area contributed by atoms with Gasteiger partial charge in [-0.3, -0.25) is 9.59 Å². The van der Waals surface area contributed by atoms with Crippen molar-refractivity contribution in [2.75, 3.05) is 0 Å². The van der Waals surface area contributed by atoms with Crippen LogP contribution in [0.3, 0.4) is 0 Å². The van der Waals surface area contributed by atoms with E-state index in [1.165, 1.54) is 6.08 Å². The molecule has 4 heteroatoms. The van der Waals surface area contributed by atoms with Crippen LogP contribution in [0.25, 0.3) is 0 Å². The number of primary amides is 1. The number of carboxylic acid groups (broad SMARTS) is 1. The first-order valence-electron chi connectivity index (χ1n) is 2.80. The maximum Gasteiger partial charge on any atom is 0.303 e. The van der Waals surface area contributed by atoms with Crippen LogP contribution in [0, 0.1) is 0 Å². The van der Waals surface area contributed by atoms with Crippen LogP contribution in [-0.4, -0.2) is 17.0 Å². The summed E-state index contributed by atoms with van der Waals surface area (Å²) >= 11 is 0. The first-order valence-corrected chi connectivity index (χ1v) is 2.80. The molecule has 0 aliphatic carbocycles. The van der Waals surface area contributed by atoms with Gasteiger partial charge in [0.15, 0.2) is 0 Å². The van der Waals surface area contributed by atoms with E-state index in [1.54, 1.807) is 0 Å². The molecule has 0 aliphatic rings. The summed E-state index contributed by atoms with van der Waals surface area (Å²) in [7, 11) is 0. The quantitative estimate of drug-likeness (QED) is 0.539. The van der Waals surface area contributed by atoms with E-state index in [1.807, 2.05) is 0 Å². The molecule has 0 aromatic rings. The molecule has 0 aromatic heterocycles. The number of nitrogens with two attached hydrogens (primary N) is 1. The van der Waals surface area contributed by atoms with E-state index < -0.39 is 11.9 Å². The molecule has 0 heterocycles. The SMILES string of the molecule is NC(=O)/C=C/CCC(=O)O. The van der Waals surface area contributed by atoms with Gasteiger partial charge in [-0.1, -0.05) is 6.08 Å². The van der Waals surface area contributed by atoms with Crippen LogP contribution in [0.5, 0.6) is 0 Å². The molecule has 0 unspecified atom stereocenters. The maximum absolute atomic E-state index is 10.0. The molecule has 0 saturated carbocycles. The molecule has 56 valence electrons. The molecular weight excluding hydrogens is 134 g/mol. The predicted octanol–water partition coefficient (Wildman–Crippen LogP) is -0.107. The predicted molar refractivity (Wildman–Crippen MR) is 35.2 cm³/mol. The third-order valence-corrected chi connectivity index (χ3v) is 0.807. The van der Waals surface area contributed by atoms with Crippen molar-refractivity contribution < 1.29 is 14.7 Å². The van der Waals surface area contributed by atoms with Crippen molar-refractivity contribution in [3.05, 3.63) is 12.2 Å². The lowest BCUT2D eigenvalue weighted by atomic mass is 10.3. The first kappa shape index (κ1) is 8.68. The Morgan fingerprint density at radius 1 is 1.50 bits per heavy atom. The van der Waals surface area contributed by atoms with Gasteiger partial charge in [0.1, 0.15) is 0 Å². The van der Waals surface area contributed by atoms with Crippen molar-refractivity contribution in [1.29, 1.82) is 0 Å². The van der Waals surface area contributed by atoms with E-state index >= 15 is 0 Å². The molecule has 10 heavy (non-hydrogen) atoms. The van der Waals surface area contributed by atoms with Gasteiger partial charge < -0.3 is 10.8 Å². The summed E-state index contributed by atoms with van der Waals surface area (Å²) < 4.78 is 0. The standard InChI is InChI=1S/C6H9NO3/c7-5(8)3-1-2-4-6(9)10/h1,3H,2,4H2,(H2,7,8)(H,9,10)/b3-1+. The van der Waals surface area contributed by atoms with Crippen molar-refractivity contribution in [2.24, 2.45) is 5.73 Å². The van der Waals surface area contributed by atoms with Gasteiger partial charge in [-0.25, -0.2) is 0 Å². The number of allylic oxidation sites excluding steroid dienone is 1. The molecule has 3 N–H and O–H groups in total. The van der Waals surface area contributed by atoms with E-state index in [4.69, 9.17) is 10.8 Å². The van der Waals surface area contributed by atoms with Gasteiger partial charge in [0, 0.05) is 6.42 Å². The van der Waals surface area contributed by atoms with Crippen LogP contribution in [0.4, 0.5) is 0 Å². The van der Waals surface area contributed by atoms with Crippen LogP contribution in [0.15, 0.2) is 12.2 Å². The summed E-state index contributed by atoms with van der Waals surface area (Å²) in [6, 6.07) is 0. The van der Waals surface area contributed by atoms with Gasteiger partial charge in [-0.2, -0.15) is 0 Å². The summed E-state index contributed by atoms with van der Waals surface area (Å²) in [5.41, 5.74) is 4.74. The highest BCUT2D eigenvalue weighted by molar-refractivity contribution is 5.85. The second-order valence-electron chi connectivity index (χ2n) is 1.74. The van der Waals surface area contributed by atoms with Crippen LogP contribution < -0.4 is 5.73 Å². The van der Waals surface area contributed by atoms with Gasteiger partial charge in [-0.15, -0.1) is 0 Å². The topological polar surface area (TPSA) is 80.4 Å². The summed E-state index contributed by atoms with van der Waals surface area (Å²) in [5.74, 6) is -1.43. The molecule has 0 saturated heterocycles. The Kier molecular flexibility index (Phi) is 3.95. The molecule has 0 fully saturated rings. The zero-order valence-corrected chi connectivity index (χ0v) is 5.41. The monoisotopic (exact) mass is 143 g/mol. The Balaban J connectivity index is 3.36. The lowest BCUT2D eigenvalue weighted by Crippen LogP contribution is -2.05. The average molecular weight is 143 g/mol. The smallest absolute Gasteiger partial charge is 0.303 e. The molecule has 0 aromatic carbocycles. The number of carbonyl (C=O) groups is 2. The Labute approximate surface area is 58.3 Å². The number of hydrogen-bond donors (Lipinski definition) is 2. The highest BCUT2D eigenvalue weighted by Crippen LogP contribution is 1.89. The van der Waals surface area contributed by atoms with Gasteiger partial charge in [-0.05, 0) is 12.5 Å². The summed E-state index contributed by atoms with van der Waals surface area (Å²) in [4.78, 5) is 19.9. The number of amides is 1. The summed E-state index contributed by atoms with van der Waals surface area (Å²) in [6.45, 7) is 0. The van der Waals surface area contributed by atoms with Crippen LogP contribution >= 0.6 is 0 Å². The van der Waals surface area contributed by atoms with Crippen LogP contribution in [0.2, 0.25) is 0 Å². The Bertz CT molecular complexity index is 162. The molecule has 0 spiro atoms. The summed E-state index contributed by atoms with van der Waals surface area (Å²) in [5, 5.41) is 8.13. The zero-order valence-electron chi connectivity index (χ0n) is 5.41. The third-order valence-electron chi connectivity index (χ3n) is 0.807. The first-order chi connectivity index (χ1) is 4.63. The number of aliphatic carboxylic acids is 1. The zero-order chi connectivity index (χ0) is 7.98. The van der Waals surface area contributed by atoms with Gasteiger partial charge in [0.05, 0.1) is 0 Å². The fraction of sp³-hybridized carbons (Fsp3) is 0.333. The van der Waals surface area contributed by atoms with Gasteiger partial charge in [0.2, 0.25) is 5.91 Å². The minimum atomic E-state index is -0.880. The van der Waals surface area contributed by atoms with E-state index in [9.17, 15) is 9.59 Å². The molecule has 1 amide bonds. The highest BCUT2D eigenvalue weighted by Gasteiger charge is 1.91. The number of rotatable bonds is 4. The third kappa shape index (κ3) is 6.68. The fourth-order valence-corrected chi connectivity index (χ4v) is 0.406. The minimum absolute atomic E-state index is 0.0315. The Morgan fingerprint density at radius 2 is 2.10 bits per heavy atom. The normalized spacial score (nSPS) is 10.0. The average Bonchev–Trinajstić information content (AvgIpc) is 1.79. The lowest BCUT2D eigenvalue weighted by molar-refractivity contribution is -0.136. The minimum Gasteiger partial charge on any atom is -0.481 e. The second kappa shape index (κ2) is 4.55. The van der Waals surface area contributed by atoms with Crippen molar-refractivity contribution in [3.63, 3.8) is 0 Å². The number of hydrogen-bond acceptors (Lipinski definition) is 2.